The van der Waals surface area contributed by atoms with Crippen LogP contribution in [-0.2, 0) is 14.8 Å². The third-order valence-electron chi connectivity index (χ3n) is 2.95. The van der Waals surface area contributed by atoms with Gasteiger partial charge in [-0.1, -0.05) is 24.3 Å². The van der Waals surface area contributed by atoms with E-state index in [1.165, 1.54) is 6.07 Å². The molecule has 3 rings (SSSR count). The summed E-state index contributed by atoms with van der Waals surface area (Å²) in [6.07, 6.45) is 0. The van der Waals surface area contributed by atoms with Crippen LogP contribution in [0.25, 0.3) is 10.8 Å². The molecule has 0 fully saturated rings. The van der Waals surface area contributed by atoms with E-state index in [1.54, 1.807) is 30.3 Å². The average molecular weight is 262 g/mol. The van der Waals surface area contributed by atoms with Gasteiger partial charge in [0.15, 0.2) is 0 Å². The second-order valence-corrected chi connectivity index (χ2v) is 5.85. The molecule has 6 heteroatoms. The van der Waals surface area contributed by atoms with Crippen LogP contribution in [0.2, 0.25) is 0 Å². The van der Waals surface area contributed by atoms with Gasteiger partial charge in [0.1, 0.15) is 0 Å². The highest BCUT2D eigenvalue weighted by molar-refractivity contribution is 7.93. The highest BCUT2D eigenvalue weighted by atomic mass is 32.2. The van der Waals surface area contributed by atoms with Crippen molar-refractivity contribution in [3.05, 3.63) is 36.4 Å². The van der Waals surface area contributed by atoms with Gasteiger partial charge in [0.25, 0.3) is 10.0 Å². The van der Waals surface area contributed by atoms with E-state index < -0.39 is 22.5 Å². The molecule has 92 valence electrons. The van der Waals surface area contributed by atoms with E-state index in [2.05, 4.69) is 0 Å². The highest BCUT2D eigenvalue weighted by Gasteiger charge is 2.35. The summed E-state index contributed by atoms with van der Waals surface area (Å²) in [6.45, 7) is -0.671. The number of nitrogens with zero attached hydrogens (tertiary/aromatic N) is 1. The molecule has 0 unspecified atom stereocenters. The average Bonchev–Trinajstić information content (AvgIpc) is 2.53. The number of hydrogen-bond donors (Lipinski definition) is 0. The minimum Gasteiger partial charge on any atom is -0.548 e. The minimum atomic E-state index is -3.78. The van der Waals surface area contributed by atoms with Crippen LogP contribution in [0.1, 0.15) is 0 Å². The molecule has 0 spiro atoms. The molecule has 1 aliphatic rings. The Hall–Kier alpha value is -2.08. The van der Waals surface area contributed by atoms with Gasteiger partial charge in [-0.05, 0) is 17.5 Å². The van der Waals surface area contributed by atoms with Crippen molar-refractivity contribution in [1.82, 2.24) is 0 Å². The first-order valence-electron chi connectivity index (χ1n) is 5.26. The molecule has 0 N–H and O–H groups in total. The molecule has 2 aromatic carbocycles. The molecule has 0 radical (unpaired) electrons. The zero-order valence-electron chi connectivity index (χ0n) is 9.16. The number of aliphatic carboxylic acids is 1. The second-order valence-electron chi connectivity index (χ2n) is 4.02. The zero-order valence-corrected chi connectivity index (χ0v) is 9.98. The quantitative estimate of drug-likeness (QED) is 0.769. The lowest BCUT2D eigenvalue weighted by atomic mass is 10.1. The van der Waals surface area contributed by atoms with E-state index >= 15 is 0 Å². The lowest BCUT2D eigenvalue weighted by Gasteiger charge is -2.18. The summed E-state index contributed by atoms with van der Waals surface area (Å²) in [5.74, 6) is -1.43. The van der Waals surface area contributed by atoms with Crippen molar-refractivity contribution in [3.63, 3.8) is 0 Å². The van der Waals surface area contributed by atoms with Crippen molar-refractivity contribution >= 4 is 32.5 Å². The molecule has 0 aromatic heterocycles. The first kappa shape index (κ1) is 11.0. The molecule has 1 heterocycles. The Morgan fingerprint density at radius 3 is 2.50 bits per heavy atom. The number of sulfonamides is 1. The number of carboxylic acids is 1. The molecule has 0 bridgehead atoms. The van der Waals surface area contributed by atoms with Crippen LogP contribution in [0.3, 0.4) is 0 Å². The summed E-state index contributed by atoms with van der Waals surface area (Å²) in [5.41, 5.74) is 0.396. The van der Waals surface area contributed by atoms with Crippen molar-refractivity contribution < 1.29 is 18.3 Å². The van der Waals surface area contributed by atoms with Gasteiger partial charge < -0.3 is 9.90 Å². The topological polar surface area (TPSA) is 77.5 Å². The Labute approximate surface area is 103 Å². The maximum atomic E-state index is 12.2. The second kappa shape index (κ2) is 3.46. The molecule has 0 atom stereocenters. The van der Waals surface area contributed by atoms with Gasteiger partial charge in [-0.15, -0.1) is 0 Å². The van der Waals surface area contributed by atoms with E-state index in [1.807, 2.05) is 0 Å². The van der Waals surface area contributed by atoms with Crippen LogP contribution in [0.4, 0.5) is 5.69 Å². The van der Waals surface area contributed by atoms with Crippen LogP contribution in [0.15, 0.2) is 41.3 Å². The van der Waals surface area contributed by atoms with Crippen molar-refractivity contribution in [3.8, 4) is 0 Å². The lowest BCUT2D eigenvalue weighted by Crippen LogP contribution is -2.39. The van der Waals surface area contributed by atoms with Gasteiger partial charge in [-0.25, -0.2) is 8.42 Å². The SMILES string of the molecule is O=C([O-])CN1c2cccc3cccc(c23)S1(=O)=O. The van der Waals surface area contributed by atoms with Gasteiger partial charge in [-0.2, -0.15) is 0 Å². The van der Waals surface area contributed by atoms with Crippen molar-refractivity contribution in [2.24, 2.45) is 0 Å². The first-order valence-corrected chi connectivity index (χ1v) is 6.70. The molecule has 18 heavy (non-hydrogen) atoms. The van der Waals surface area contributed by atoms with Crippen LogP contribution in [0.5, 0.6) is 0 Å². The molecule has 0 saturated heterocycles. The van der Waals surface area contributed by atoms with Crippen molar-refractivity contribution in [2.75, 3.05) is 10.8 Å². The molecule has 1 aliphatic heterocycles. The molecular formula is C12H8NO4S-. The Morgan fingerprint density at radius 1 is 1.17 bits per heavy atom. The molecule has 2 aromatic rings. The molecule has 0 amide bonds. The number of carbonyl (C=O) groups is 1. The largest absolute Gasteiger partial charge is 0.548 e. The smallest absolute Gasteiger partial charge is 0.265 e. The summed E-state index contributed by atoms with van der Waals surface area (Å²) in [5, 5.41) is 12.0. The predicted octanol–water partition coefficient (Wildman–Crippen LogP) is 0.0984. The number of carbonyl (C=O) groups excluding carboxylic acids is 1. The zero-order chi connectivity index (χ0) is 12.9. The summed E-state index contributed by atoms with van der Waals surface area (Å²) < 4.78 is 25.3. The number of carboxylic acid groups (broad SMARTS) is 1. The monoisotopic (exact) mass is 262 g/mol. The third-order valence-corrected chi connectivity index (χ3v) is 4.76. The maximum absolute atomic E-state index is 12.2. The molecular weight excluding hydrogens is 254 g/mol. The minimum absolute atomic E-state index is 0.150. The number of benzene rings is 2. The van der Waals surface area contributed by atoms with Crippen LogP contribution >= 0.6 is 0 Å². The fourth-order valence-electron chi connectivity index (χ4n) is 2.25. The van der Waals surface area contributed by atoms with Gasteiger partial charge in [0.05, 0.1) is 23.1 Å². The first-order chi connectivity index (χ1) is 8.51. The van der Waals surface area contributed by atoms with E-state index in [9.17, 15) is 18.3 Å². The Morgan fingerprint density at radius 2 is 1.83 bits per heavy atom. The van der Waals surface area contributed by atoms with Crippen LogP contribution in [-0.4, -0.2) is 20.9 Å². The third kappa shape index (κ3) is 1.32. The normalized spacial score (nSPS) is 16.1. The maximum Gasteiger partial charge on any atom is 0.265 e. The van der Waals surface area contributed by atoms with Crippen molar-refractivity contribution in [1.29, 1.82) is 0 Å². The highest BCUT2D eigenvalue weighted by Crippen LogP contribution is 2.41. The molecule has 0 aliphatic carbocycles. The molecule has 5 nitrogen and oxygen atoms in total. The van der Waals surface area contributed by atoms with E-state index in [4.69, 9.17) is 0 Å². The summed E-state index contributed by atoms with van der Waals surface area (Å²) in [6, 6.07) is 10.0. The number of rotatable bonds is 2. The van der Waals surface area contributed by atoms with Crippen LogP contribution < -0.4 is 9.41 Å². The summed E-state index contributed by atoms with van der Waals surface area (Å²) in [7, 11) is -3.78. The fraction of sp³-hybridized carbons (Fsp3) is 0.0833. The van der Waals surface area contributed by atoms with E-state index in [0.29, 0.717) is 11.1 Å². The van der Waals surface area contributed by atoms with E-state index in [-0.39, 0.29) is 4.90 Å². The van der Waals surface area contributed by atoms with Gasteiger partial charge in [-0.3, -0.25) is 4.31 Å². The summed E-state index contributed by atoms with van der Waals surface area (Å²) in [4.78, 5) is 10.8. The van der Waals surface area contributed by atoms with Gasteiger partial charge in [0.2, 0.25) is 0 Å². The van der Waals surface area contributed by atoms with Gasteiger partial charge in [0, 0.05) is 5.39 Å². The van der Waals surface area contributed by atoms with Crippen LogP contribution in [0, 0.1) is 0 Å². The fourth-order valence-corrected chi connectivity index (χ4v) is 3.90. The number of hydrogen-bond acceptors (Lipinski definition) is 4. The Balaban J connectivity index is 2.37. The Bertz CT molecular complexity index is 761. The summed E-state index contributed by atoms with van der Waals surface area (Å²) >= 11 is 0. The number of anilines is 1. The van der Waals surface area contributed by atoms with Crippen molar-refractivity contribution in [2.45, 2.75) is 4.90 Å². The standard InChI is InChI=1S/C12H9NO4S/c14-11(15)7-13-9-5-1-3-8-4-2-6-10(12(8)9)18(13,16)17/h1-6H,7H2,(H,14,15)/p-1. The molecule has 0 saturated carbocycles. The van der Waals surface area contributed by atoms with Gasteiger partial charge >= 0.3 is 0 Å². The predicted molar refractivity (Wildman–Crippen MR) is 63.5 cm³/mol. The Kier molecular flexibility index (Phi) is 2.12. The van der Waals surface area contributed by atoms with E-state index in [0.717, 1.165) is 9.69 Å². The lowest BCUT2D eigenvalue weighted by molar-refractivity contribution is -0.303.